The van der Waals surface area contributed by atoms with Gasteiger partial charge in [0.25, 0.3) is 0 Å². The molecule has 0 fully saturated rings. The molecule has 0 spiro atoms. The second kappa shape index (κ2) is 4.45. The van der Waals surface area contributed by atoms with Crippen molar-refractivity contribution < 1.29 is 9.90 Å². The van der Waals surface area contributed by atoms with Crippen LogP contribution in [-0.4, -0.2) is 11.1 Å². The van der Waals surface area contributed by atoms with Crippen LogP contribution in [0.2, 0.25) is 5.02 Å². The van der Waals surface area contributed by atoms with E-state index in [9.17, 15) is 4.79 Å². The molecule has 5 heteroatoms. The van der Waals surface area contributed by atoms with Gasteiger partial charge in [-0.25, -0.2) is 0 Å². The first-order chi connectivity index (χ1) is 7.11. The molecule has 0 saturated heterocycles. The lowest BCUT2D eigenvalue weighted by Crippen LogP contribution is -2.11. The zero-order valence-corrected chi connectivity index (χ0v) is 8.19. The fourth-order valence-electron chi connectivity index (χ4n) is 1.16. The van der Waals surface area contributed by atoms with E-state index in [0.717, 1.165) is 0 Å². The van der Waals surface area contributed by atoms with Crippen LogP contribution in [0.4, 0.5) is 0 Å². The molecule has 1 aromatic rings. The summed E-state index contributed by atoms with van der Waals surface area (Å²) in [4.78, 5) is 10.7. The lowest BCUT2D eigenvalue weighted by atomic mass is 9.96. The Morgan fingerprint density at radius 3 is 2.60 bits per heavy atom. The molecule has 0 saturated carbocycles. The fourth-order valence-corrected chi connectivity index (χ4v) is 1.38. The predicted molar refractivity (Wildman–Crippen MR) is 52.2 cm³/mol. The molecular formula is C10H5ClN2O2. The van der Waals surface area contributed by atoms with E-state index in [-0.39, 0.29) is 16.1 Å². The van der Waals surface area contributed by atoms with Crippen LogP contribution < -0.4 is 0 Å². The Labute approximate surface area is 90.9 Å². The number of halogens is 1. The average molecular weight is 221 g/mol. The van der Waals surface area contributed by atoms with Crippen molar-refractivity contribution in [3.8, 4) is 12.1 Å². The van der Waals surface area contributed by atoms with E-state index in [2.05, 4.69) is 0 Å². The van der Waals surface area contributed by atoms with Crippen LogP contribution in [-0.2, 0) is 4.79 Å². The van der Waals surface area contributed by atoms with E-state index in [1.807, 2.05) is 0 Å². The number of carboxylic acids is 1. The van der Waals surface area contributed by atoms with Crippen molar-refractivity contribution in [3.05, 3.63) is 34.3 Å². The monoisotopic (exact) mass is 220 g/mol. The molecule has 1 aromatic carbocycles. The second-order valence-corrected chi connectivity index (χ2v) is 3.12. The molecule has 15 heavy (non-hydrogen) atoms. The lowest BCUT2D eigenvalue weighted by molar-refractivity contribution is -0.137. The summed E-state index contributed by atoms with van der Waals surface area (Å²) in [7, 11) is 0. The van der Waals surface area contributed by atoms with Crippen molar-refractivity contribution >= 4 is 17.6 Å². The summed E-state index contributed by atoms with van der Waals surface area (Å²) < 4.78 is 0. The second-order valence-electron chi connectivity index (χ2n) is 2.72. The minimum Gasteiger partial charge on any atom is -0.480 e. The van der Waals surface area contributed by atoms with Gasteiger partial charge in [-0.1, -0.05) is 23.7 Å². The van der Waals surface area contributed by atoms with Gasteiger partial charge in [0, 0.05) is 0 Å². The van der Waals surface area contributed by atoms with Gasteiger partial charge in [-0.2, -0.15) is 10.5 Å². The molecule has 74 valence electrons. The molecule has 0 bridgehead atoms. The summed E-state index contributed by atoms with van der Waals surface area (Å²) in [6.07, 6.45) is 0. The zero-order chi connectivity index (χ0) is 11.4. The smallest absolute Gasteiger partial charge is 0.325 e. The van der Waals surface area contributed by atoms with Gasteiger partial charge in [-0.15, -0.1) is 0 Å². The summed E-state index contributed by atoms with van der Waals surface area (Å²) >= 11 is 5.71. The standard InChI is InChI=1S/C10H5ClN2O2/c11-9-3-1-2-6(7(9)4-12)8(5-13)10(14)15/h1-3,8H,(H,14,15). The Balaban J connectivity index is 3.39. The molecule has 0 aliphatic carbocycles. The molecule has 1 N–H and O–H groups in total. The van der Waals surface area contributed by atoms with Gasteiger partial charge in [0.1, 0.15) is 6.07 Å². The molecule has 1 rings (SSSR count). The SMILES string of the molecule is N#Cc1c(Cl)cccc1C(C#N)C(=O)O. The third-order valence-corrected chi connectivity index (χ3v) is 2.16. The molecule has 0 amide bonds. The van der Waals surface area contributed by atoms with Crippen LogP contribution in [0, 0.1) is 22.7 Å². The summed E-state index contributed by atoms with van der Waals surface area (Å²) in [5.41, 5.74) is 0.160. The highest BCUT2D eigenvalue weighted by atomic mass is 35.5. The summed E-state index contributed by atoms with van der Waals surface area (Å²) in [5.74, 6) is -2.66. The van der Waals surface area contributed by atoms with Crippen molar-refractivity contribution in [2.45, 2.75) is 5.92 Å². The number of aliphatic carboxylic acids is 1. The Hall–Kier alpha value is -2.04. The van der Waals surface area contributed by atoms with E-state index in [0.29, 0.717) is 0 Å². The van der Waals surface area contributed by atoms with E-state index in [4.69, 9.17) is 27.2 Å². The first-order valence-corrected chi connectivity index (χ1v) is 4.30. The largest absolute Gasteiger partial charge is 0.480 e. The Bertz CT molecular complexity index is 485. The average Bonchev–Trinajstić information content (AvgIpc) is 2.18. The topological polar surface area (TPSA) is 84.9 Å². The molecule has 0 aromatic heterocycles. The van der Waals surface area contributed by atoms with Crippen LogP contribution in [0.3, 0.4) is 0 Å². The first-order valence-electron chi connectivity index (χ1n) is 3.92. The fraction of sp³-hybridized carbons (Fsp3) is 0.100. The number of rotatable bonds is 2. The number of carbonyl (C=O) groups is 1. The van der Waals surface area contributed by atoms with Crippen molar-refractivity contribution in [1.82, 2.24) is 0 Å². The molecule has 0 radical (unpaired) electrons. The molecule has 1 unspecified atom stereocenters. The summed E-state index contributed by atoms with van der Waals surface area (Å²) in [6.45, 7) is 0. The lowest BCUT2D eigenvalue weighted by Gasteiger charge is -2.06. The Morgan fingerprint density at radius 1 is 1.47 bits per heavy atom. The van der Waals surface area contributed by atoms with Gasteiger partial charge in [-0.05, 0) is 11.6 Å². The molecule has 0 aliphatic heterocycles. The molecular weight excluding hydrogens is 216 g/mol. The van der Waals surface area contributed by atoms with Crippen molar-refractivity contribution in [2.24, 2.45) is 0 Å². The quantitative estimate of drug-likeness (QED) is 0.825. The number of benzene rings is 1. The first kappa shape index (κ1) is 11.0. The minimum absolute atomic E-state index is 0.0353. The number of hydrogen-bond donors (Lipinski definition) is 1. The van der Waals surface area contributed by atoms with Gasteiger partial charge in [0.2, 0.25) is 0 Å². The maximum Gasteiger partial charge on any atom is 0.325 e. The third kappa shape index (κ3) is 2.07. The number of nitrogens with zero attached hydrogens (tertiary/aromatic N) is 2. The van der Waals surface area contributed by atoms with Gasteiger partial charge in [0.15, 0.2) is 5.92 Å². The van der Waals surface area contributed by atoms with E-state index in [1.54, 1.807) is 12.1 Å². The Kier molecular flexibility index (Phi) is 3.28. The van der Waals surface area contributed by atoms with E-state index >= 15 is 0 Å². The van der Waals surface area contributed by atoms with Crippen LogP contribution in [0.25, 0.3) is 0 Å². The number of carboxylic acid groups (broad SMARTS) is 1. The number of nitriles is 2. The number of hydrogen-bond acceptors (Lipinski definition) is 3. The molecule has 0 heterocycles. The van der Waals surface area contributed by atoms with Crippen molar-refractivity contribution in [1.29, 1.82) is 10.5 Å². The molecule has 1 atom stereocenters. The van der Waals surface area contributed by atoms with Crippen LogP contribution in [0.5, 0.6) is 0 Å². The normalized spacial score (nSPS) is 11.1. The van der Waals surface area contributed by atoms with Crippen LogP contribution in [0.1, 0.15) is 17.0 Å². The minimum atomic E-state index is -1.36. The van der Waals surface area contributed by atoms with Gasteiger partial charge < -0.3 is 5.11 Å². The van der Waals surface area contributed by atoms with Gasteiger partial charge in [-0.3, -0.25) is 4.79 Å². The van der Waals surface area contributed by atoms with Crippen molar-refractivity contribution in [3.63, 3.8) is 0 Å². The highest BCUT2D eigenvalue weighted by molar-refractivity contribution is 6.31. The van der Waals surface area contributed by atoms with Crippen LogP contribution >= 0.6 is 11.6 Å². The maximum absolute atomic E-state index is 10.7. The summed E-state index contributed by atoms with van der Waals surface area (Å²) in [5, 5.41) is 26.4. The zero-order valence-electron chi connectivity index (χ0n) is 7.44. The molecule has 4 nitrogen and oxygen atoms in total. The predicted octanol–water partition coefficient (Wildman–Crippen LogP) is 1.90. The van der Waals surface area contributed by atoms with Crippen molar-refractivity contribution in [2.75, 3.05) is 0 Å². The maximum atomic E-state index is 10.7. The van der Waals surface area contributed by atoms with E-state index < -0.39 is 11.9 Å². The van der Waals surface area contributed by atoms with Gasteiger partial charge >= 0.3 is 5.97 Å². The summed E-state index contributed by atoms with van der Waals surface area (Å²) in [6, 6.07) is 7.78. The van der Waals surface area contributed by atoms with Gasteiger partial charge in [0.05, 0.1) is 16.7 Å². The Morgan fingerprint density at radius 2 is 2.13 bits per heavy atom. The highest BCUT2D eigenvalue weighted by Gasteiger charge is 2.23. The van der Waals surface area contributed by atoms with E-state index in [1.165, 1.54) is 18.2 Å². The highest BCUT2D eigenvalue weighted by Crippen LogP contribution is 2.25. The van der Waals surface area contributed by atoms with Crippen LogP contribution in [0.15, 0.2) is 18.2 Å². The third-order valence-electron chi connectivity index (χ3n) is 1.84. The molecule has 0 aliphatic rings.